The summed E-state index contributed by atoms with van der Waals surface area (Å²) in [5.74, 6) is -0.721. The molecule has 12 heteroatoms. The lowest BCUT2D eigenvalue weighted by atomic mass is 9.86. The molecule has 3 rings (SSSR count). The molecule has 1 saturated carbocycles. The van der Waals surface area contributed by atoms with E-state index in [1.165, 1.54) is 13.1 Å². The van der Waals surface area contributed by atoms with Crippen LogP contribution in [0.4, 0.5) is 9.18 Å². The molecule has 1 spiro atoms. The summed E-state index contributed by atoms with van der Waals surface area (Å²) in [7, 11) is -4.05. The SMILES string of the molecule is CN1C(N(COCC[Si](C)(C)C)C(=O)OC(C)(C)C)=NC(C)(c2cc(Br)ccc2F)C2(CC2)S1(=O)=O. The van der Waals surface area contributed by atoms with Gasteiger partial charge in [-0.15, -0.1) is 0 Å². The molecule has 0 aromatic heterocycles. The van der Waals surface area contributed by atoms with Crippen molar-refractivity contribution in [3.05, 3.63) is 34.1 Å². The fourth-order valence-electron chi connectivity index (χ4n) is 4.30. The third-order valence-corrected chi connectivity index (χ3v) is 11.5. The molecule has 2 aliphatic rings. The smallest absolute Gasteiger partial charge is 0.419 e. The molecular weight excluding hydrogens is 569 g/mol. The summed E-state index contributed by atoms with van der Waals surface area (Å²) in [6.07, 6.45) is -0.129. The van der Waals surface area contributed by atoms with Gasteiger partial charge in [0.15, 0.2) is 0 Å². The average molecular weight is 607 g/mol. The Labute approximate surface area is 223 Å². The first-order chi connectivity index (χ1) is 16.3. The van der Waals surface area contributed by atoms with Crippen LogP contribution >= 0.6 is 15.9 Å². The van der Waals surface area contributed by atoms with Gasteiger partial charge in [-0.05, 0) is 64.8 Å². The molecule has 0 saturated heterocycles. The first kappa shape index (κ1) is 29.1. The van der Waals surface area contributed by atoms with Crippen LogP contribution in [-0.2, 0) is 25.0 Å². The lowest BCUT2D eigenvalue weighted by Crippen LogP contribution is -2.61. The van der Waals surface area contributed by atoms with Crippen molar-refractivity contribution in [2.24, 2.45) is 4.99 Å². The number of benzene rings is 1. The molecule has 0 N–H and O–H groups in total. The zero-order valence-corrected chi connectivity index (χ0v) is 25.7. The number of halogens is 2. The van der Waals surface area contributed by atoms with Crippen molar-refractivity contribution < 1.29 is 27.1 Å². The molecular formula is C24H37BrFN3O5SSi. The van der Waals surface area contributed by atoms with E-state index < -0.39 is 45.9 Å². The van der Waals surface area contributed by atoms with Crippen molar-refractivity contribution in [3.8, 4) is 0 Å². The van der Waals surface area contributed by atoms with Crippen LogP contribution < -0.4 is 0 Å². The van der Waals surface area contributed by atoms with Crippen molar-refractivity contribution in [1.82, 2.24) is 9.21 Å². The normalized spacial score (nSPS) is 22.8. The monoisotopic (exact) mass is 605 g/mol. The Morgan fingerprint density at radius 2 is 1.89 bits per heavy atom. The predicted molar refractivity (Wildman–Crippen MR) is 145 cm³/mol. The number of amides is 1. The Hall–Kier alpha value is -1.50. The highest BCUT2D eigenvalue weighted by atomic mass is 79.9. The van der Waals surface area contributed by atoms with Crippen LogP contribution in [0.25, 0.3) is 0 Å². The number of hydrogen-bond acceptors (Lipinski definition) is 6. The summed E-state index contributed by atoms with van der Waals surface area (Å²) in [6, 6.07) is 5.25. The van der Waals surface area contributed by atoms with Crippen LogP contribution in [0, 0.1) is 5.82 Å². The second-order valence-corrected chi connectivity index (χ2v) is 20.6. The maximum atomic E-state index is 15.2. The Bertz CT molecular complexity index is 1160. The molecule has 36 heavy (non-hydrogen) atoms. The van der Waals surface area contributed by atoms with E-state index in [0.29, 0.717) is 23.9 Å². The molecule has 1 heterocycles. The second kappa shape index (κ2) is 9.67. The van der Waals surface area contributed by atoms with Gasteiger partial charge in [-0.1, -0.05) is 35.6 Å². The number of sulfonamides is 1. The average Bonchev–Trinajstić information content (AvgIpc) is 3.53. The number of guanidine groups is 1. The van der Waals surface area contributed by atoms with Crippen LogP contribution in [-0.4, -0.2) is 68.5 Å². The van der Waals surface area contributed by atoms with Gasteiger partial charge in [0.1, 0.15) is 28.4 Å². The molecule has 1 aliphatic carbocycles. The lowest BCUT2D eigenvalue weighted by Gasteiger charge is -2.45. The Morgan fingerprint density at radius 3 is 2.42 bits per heavy atom. The van der Waals surface area contributed by atoms with Gasteiger partial charge in [0.2, 0.25) is 16.0 Å². The minimum absolute atomic E-state index is 0.146. The molecule has 202 valence electrons. The topological polar surface area (TPSA) is 88.5 Å². The molecule has 8 nitrogen and oxygen atoms in total. The van der Waals surface area contributed by atoms with Gasteiger partial charge in [-0.25, -0.2) is 31.8 Å². The molecule has 1 unspecified atom stereocenters. The summed E-state index contributed by atoms with van der Waals surface area (Å²) >= 11 is 3.37. The second-order valence-electron chi connectivity index (χ2n) is 11.8. The standard InChI is InChI=1S/C24H37BrFN3O5SSi/c1-22(2,3)34-21(30)29(16-33-13-14-36(6,7)8)20-27-23(4,18-15-17(25)9-10-19(18)26)24(11-12-24)35(31,32)28(20)5/h9-10,15H,11-14,16H2,1-8H3. The van der Waals surface area contributed by atoms with Gasteiger partial charge < -0.3 is 9.47 Å². The van der Waals surface area contributed by atoms with Crippen molar-refractivity contribution in [2.75, 3.05) is 20.4 Å². The summed E-state index contributed by atoms with van der Waals surface area (Å²) < 4.78 is 54.6. The van der Waals surface area contributed by atoms with Crippen molar-refractivity contribution >= 4 is 46.1 Å². The van der Waals surface area contributed by atoms with E-state index in [0.717, 1.165) is 15.2 Å². The minimum atomic E-state index is -4.02. The molecule has 1 fully saturated rings. The van der Waals surface area contributed by atoms with E-state index in [1.54, 1.807) is 39.8 Å². The quantitative estimate of drug-likeness (QED) is 0.242. The summed E-state index contributed by atoms with van der Waals surface area (Å²) in [5.41, 5.74) is -2.16. The fourth-order valence-corrected chi connectivity index (χ4v) is 7.57. The van der Waals surface area contributed by atoms with Crippen LogP contribution in [0.2, 0.25) is 25.7 Å². The number of rotatable bonds is 6. The first-order valence-corrected chi connectivity index (χ1v) is 17.9. The van der Waals surface area contributed by atoms with E-state index >= 15 is 4.39 Å². The molecule has 1 aliphatic heterocycles. The molecule has 1 atom stereocenters. The zero-order chi connectivity index (χ0) is 27.3. The molecule has 1 aromatic carbocycles. The van der Waals surface area contributed by atoms with Gasteiger partial charge in [0, 0.05) is 31.8 Å². The van der Waals surface area contributed by atoms with Crippen molar-refractivity contribution in [1.29, 1.82) is 0 Å². The Kier molecular flexibility index (Phi) is 7.80. The van der Waals surface area contributed by atoms with E-state index in [-0.39, 0.29) is 18.3 Å². The fraction of sp³-hybridized carbons (Fsp3) is 0.667. The highest BCUT2D eigenvalue weighted by Crippen LogP contribution is 2.61. The van der Waals surface area contributed by atoms with E-state index in [2.05, 4.69) is 35.6 Å². The Morgan fingerprint density at radius 1 is 1.28 bits per heavy atom. The highest BCUT2D eigenvalue weighted by Gasteiger charge is 2.71. The number of nitrogens with zero attached hydrogens (tertiary/aromatic N) is 3. The number of carbonyl (C=O) groups is 1. The summed E-state index contributed by atoms with van der Waals surface area (Å²) in [4.78, 5) is 19.2. The largest absolute Gasteiger partial charge is 0.443 e. The molecule has 0 radical (unpaired) electrons. The zero-order valence-electron chi connectivity index (χ0n) is 22.3. The maximum Gasteiger partial charge on any atom is 0.419 e. The Balaban J connectivity index is 2.13. The molecule has 0 bridgehead atoms. The van der Waals surface area contributed by atoms with Crippen molar-refractivity contribution in [3.63, 3.8) is 0 Å². The van der Waals surface area contributed by atoms with Crippen molar-refractivity contribution in [2.45, 2.75) is 82.1 Å². The van der Waals surface area contributed by atoms with Crippen LogP contribution in [0.3, 0.4) is 0 Å². The van der Waals surface area contributed by atoms with Crippen LogP contribution in [0.1, 0.15) is 46.1 Å². The van der Waals surface area contributed by atoms with E-state index in [1.807, 2.05) is 0 Å². The van der Waals surface area contributed by atoms with Crippen LogP contribution in [0.15, 0.2) is 27.7 Å². The lowest BCUT2D eigenvalue weighted by molar-refractivity contribution is 0.00789. The minimum Gasteiger partial charge on any atom is -0.443 e. The van der Waals surface area contributed by atoms with E-state index in [4.69, 9.17) is 14.5 Å². The predicted octanol–water partition coefficient (Wildman–Crippen LogP) is 5.52. The van der Waals surface area contributed by atoms with Crippen LogP contribution in [0.5, 0.6) is 0 Å². The van der Waals surface area contributed by atoms with Gasteiger partial charge in [0.05, 0.1) is 0 Å². The van der Waals surface area contributed by atoms with Gasteiger partial charge in [-0.2, -0.15) is 0 Å². The summed E-state index contributed by atoms with van der Waals surface area (Å²) in [6.45, 7) is 13.6. The van der Waals surface area contributed by atoms with E-state index in [9.17, 15) is 13.2 Å². The number of carbonyl (C=O) groups excluding carboxylic acids is 1. The maximum absolute atomic E-state index is 15.2. The number of hydrogen-bond donors (Lipinski definition) is 0. The molecule has 1 aromatic rings. The van der Waals surface area contributed by atoms with Gasteiger partial charge in [-0.3, -0.25) is 0 Å². The third kappa shape index (κ3) is 5.51. The van der Waals surface area contributed by atoms with Gasteiger partial charge in [0.25, 0.3) is 0 Å². The third-order valence-electron chi connectivity index (χ3n) is 6.58. The number of ether oxygens (including phenoxy) is 2. The van der Waals surface area contributed by atoms with Gasteiger partial charge >= 0.3 is 6.09 Å². The first-order valence-electron chi connectivity index (χ1n) is 12.0. The highest BCUT2D eigenvalue weighted by molar-refractivity contribution is 9.10. The number of aliphatic imine (C=N–C) groups is 1. The molecule has 1 amide bonds. The summed E-state index contributed by atoms with van der Waals surface area (Å²) in [5, 5.41) is 0.